The van der Waals surface area contributed by atoms with Crippen LogP contribution in [0.15, 0.2) is 88.0 Å². The molecule has 5 rings (SSSR count). The van der Waals surface area contributed by atoms with E-state index >= 15 is 0 Å². The fourth-order valence-electron chi connectivity index (χ4n) is 4.44. The molecule has 0 spiro atoms. The van der Waals surface area contributed by atoms with Gasteiger partial charge in [-0.2, -0.15) is 0 Å². The topological polar surface area (TPSA) is 43.4 Å². The molecule has 2 aliphatic rings. The van der Waals surface area contributed by atoms with Crippen molar-refractivity contribution in [3.05, 3.63) is 95.6 Å². The third-order valence-corrected chi connectivity index (χ3v) is 9.44. The summed E-state index contributed by atoms with van der Waals surface area (Å²) in [5, 5.41) is 0. The molecular weight excluding hydrogens is 436 g/mol. The third kappa shape index (κ3) is 4.42. The molecule has 32 heavy (non-hydrogen) atoms. The standard InChI is InChI=1S/C27H26O3S2/c1-19(22-9-10-27-24(15-22)16-23-5-2-3-8-26(23)31-27)21-6-4-7-25(17-21)32(28,29)18-20-11-13-30-14-12-20/h2-10,15,17,20H,1,11-14,16,18H2. The van der Waals surface area contributed by atoms with Crippen LogP contribution in [0.4, 0.5) is 0 Å². The number of rotatable bonds is 5. The van der Waals surface area contributed by atoms with Crippen molar-refractivity contribution in [3.8, 4) is 0 Å². The summed E-state index contributed by atoms with van der Waals surface area (Å²) in [5.74, 6) is 0.350. The largest absolute Gasteiger partial charge is 0.381 e. The lowest BCUT2D eigenvalue weighted by Gasteiger charge is -2.22. The van der Waals surface area contributed by atoms with Crippen LogP contribution < -0.4 is 0 Å². The molecule has 2 heterocycles. The number of fused-ring (bicyclic) bond motifs is 2. The maximum Gasteiger partial charge on any atom is 0.178 e. The van der Waals surface area contributed by atoms with Crippen molar-refractivity contribution >= 4 is 27.2 Å². The molecular formula is C27H26O3S2. The highest BCUT2D eigenvalue weighted by Gasteiger charge is 2.24. The Labute approximate surface area is 194 Å². The van der Waals surface area contributed by atoms with Crippen molar-refractivity contribution in [2.45, 2.75) is 33.9 Å². The second-order valence-electron chi connectivity index (χ2n) is 8.55. The second-order valence-corrected chi connectivity index (χ2v) is 11.7. The first-order chi connectivity index (χ1) is 15.5. The molecule has 1 fully saturated rings. The zero-order chi connectivity index (χ0) is 22.1. The van der Waals surface area contributed by atoms with E-state index in [1.165, 1.54) is 20.9 Å². The van der Waals surface area contributed by atoms with E-state index < -0.39 is 9.84 Å². The molecule has 3 aromatic carbocycles. The molecule has 0 N–H and O–H groups in total. The highest BCUT2D eigenvalue weighted by atomic mass is 32.2. The summed E-state index contributed by atoms with van der Waals surface area (Å²) < 4.78 is 31.5. The van der Waals surface area contributed by atoms with Gasteiger partial charge in [-0.25, -0.2) is 8.42 Å². The monoisotopic (exact) mass is 462 g/mol. The minimum atomic E-state index is -3.35. The predicted octanol–water partition coefficient (Wildman–Crippen LogP) is 6.00. The average molecular weight is 463 g/mol. The normalized spacial score (nSPS) is 16.2. The fraction of sp³-hybridized carbons (Fsp3) is 0.259. The Morgan fingerprint density at radius 2 is 1.66 bits per heavy atom. The van der Waals surface area contributed by atoms with Crippen LogP contribution >= 0.6 is 11.8 Å². The molecule has 0 atom stereocenters. The van der Waals surface area contributed by atoms with Gasteiger partial charge in [-0.3, -0.25) is 0 Å². The van der Waals surface area contributed by atoms with Gasteiger partial charge in [0, 0.05) is 23.0 Å². The second kappa shape index (κ2) is 8.89. The molecule has 0 aromatic heterocycles. The van der Waals surface area contributed by atoms with Crippen LogP contribution in [0.3, 0.4) is 0 Å². The quantitative estimate of drug-likeness (QED) is 0.365. The van der Waals surface area contributed by atoms with Crippen LogP contribution in [0.2, 0.25) is 0 Å². The fourth-order valence-corrected chi connectivity index (χ4v) is 7.23. The molecule has 0 unspecified atom stereocenters. The van der Waals surface area contributed by atoms with Gasteiger partial charge in [0.2, 0.25) is 0 Å². The summed E-state index contributed by atoms with van der Waals surface area (Å²) in [6.45, 7) is 5.61. The zero-order valence-electron chi connectivity index (χ0n) is 17.9. The van der Waals surface area contributed by atoms with Crippen molar-refractivity contribution in [2.75, 3.05) is 19.0 Å². The summed E-state index contributed by atoms with van der Waals surface area (Å²) in [6, 6.07) is 22.2. The average Bonchev–Trinajstić information content (AvgIpc) is 2.82. The summed E-state index contributed by atoms with van der Waals surface area (Å²) in [6.07, 6.45) is 2.52. The van der Waals surface area contributed by atoms with Crippen LogP contribution in [-0.2, 0) is 21.0 Å². The first-order valence-electron chi connectivity index (χ1n) is 11.0. The van der Waals surface area contributed by atoms with Crippen LogP contribution in [0.25, 0.3) is 5.57 Å². The minimum Gasteiger partial charge on any atom is -0.381 e. The van der Waals surface area contributed by atoms with Crippen LogP contribution in [0.5, 0.6) is 0 Å². The van der Waals surface area contributed by atoms with E-state index in [1.807, 2.05) is 12.1 Å². The number of ether oxygens (including phenoxy) is 1. The molecule has 2 aliphatic heterocycles. The summed E-state index contributed by atoms with van der Waals surface area (Å²) in [4.78, 5) is 2.96. The van der Waals surface area contributed by atoms with Gasteiger partial charge in [-0.15, -0.1) is 0 Å². The number of sulfone groups is 1. The molecule has 3 nitrogen and oxygen atoms in total. The van der Waals surface area contributed by atoms with Crippen LogP contribution in [0.1, 0.15) is 35.1 Å². The van der Waals surface area contributed by atoms with Gasteiger partial charge in [0.15, 0.2) is 9.84 Å². The smallest absolute Gasteiger partial charge is 0.178 e. The first-order valence-corrected chi connectivity index (χ1v) is 13.5. The van der Waals surface area contributed by atoms with E-state index in [0.29, 0.717) is 18.1 Å². The van der Waals surface area contributed by atoms with E-state index in [4.69, 9.17) is 4.74 Å². The Morgan fingerprint density at radius 3 is 2.50 bits per heavy atom. The van der Waals surface area contributed by atoms with E-state index in [2.05, 4.69) is 49.0 Å². The number of hydrogen-bond acceptors (Lipinski definition) is 4. The molecule has 0 bridgehead atoms. The van der Waals surface area contributed by atoms with Gasteiger partial charge in [0.25, 0.3) is 0 Å². The van der Waals surface area contributed by atoms with Gasteiger partial charge in [0.1, 0.15) is 0 Å². The molecule has 1 saturated heterocycles. The van der Waals surface area contributed by atoms with Gasteiger partial charge in [-0.05, 0) is 83.3 Å². The van der Waals surface area contributed by atoms with Gasteiger partial charge in [-0.1, -0.05) is 54.7 Å². The molecule has 0 saturated carbocycles. The number of hydrogen-bond donors (Lipinski definition) is 0. The summed E-state index contributed by atoms with van der Waals surface area (Å²) in [5.41, 5.74) is 5.36. The maximum absolute atomic E-state index is 13.0. The van der Waals surface area contributed by atoms with Crippen molar-refractivity contribution in [1.29, 1.82) is 0 Å². The lowest BCUT2D eigenvalue weighted by molar-refractivity contribution is 0.0723. The van der Waals surface area contributed by atoms with E-state index in [0.717, 1.165) is 36.0 Å². The van der Waals surface area contributed by atoms with E-state index in [1.54, 1.807) is 23.9 Å². The lowest BCUT2D eigenvalue weighted by Crippen LogP contribution is -2.23. The van der Waals surface area contributed by atoms with Gasteiger partial charge >= 0.3 is 0 Å². The highest BCUT2D eigenvalue weighted by Crippen LogP contribution is 2.40. The van der Waals surface area contributed by atoms with Crippen LogP contribution in [0, 0.1) is 5.92 Å². The van der Waals surface area contributed by atoms with Gasteiger partial charge < -0.3 is 4.74 Å². The molecule has 5 heteroatoms. The Balaban J connectivity index is 1.39. The summed E-state index contributed by atoms with van der Waals surface area (Å²) >= 11 is 1.80. The number of benzene rings is 3. The molecule has 0 amide bonds. The molecule has 0 radical (unpaired) electrons. The maximum atomic E-state index is 13.0. The van der Waals surface area contributed by atoms with Crippen molar-refractivity contribution in [1.82, 2.24) is 0 Å². The lowest BCUT2D eigenvalue weighted by atomic mass is 9.95. The molecule has 164 valence electrons. The SMILES string of the molecule is C=C(c1cccc(S(=O)(=O)CC2CCOCC2)c1)c1ccc2c(c1)Cc1ccccc1S2. The molecule has 0 aliphatic carbocycles. The highest BCUT2D eigenvalue weighted by molar-refractivity contribution is 7.99. The zero-order valence-corrected chi connectivity index (χ0v) is 19.6. The Bertz CT molecular complexity index is 1270. The van der Waals surface area contributed by atoms with Crippen molar-refractivity contribution in [2.24, 2.45) is 5.92 Å². The molecule has 3 aromatic rings. The van der Waals surface area contributed by atoms with Gasteiger partial charge in [0.05, 0.1) is 10.6 Å². The minimum absolute atomic E-state index is 0.168. The van der Waals surface area contributed by atoms with Crippen molar-refractivity contribution in [3.63, 3.8) is 0 Å². The van der Waals surface area contributed by atoms with Crippen LogP contribution in [-0.4, -0.2) is 27.4 Å². The van der Waals surface area contributed by atoms with Crippen molar-refractivity contribution < 1.29 is 13.2 Å². The predicted molar refractivity (Wildman–Crippen MR) is 130 cm³/mol. The third-order valence-electron chi connectivity index (χ3n) is 6.32. The Morgan fingerprint density at radius 1 is 0.906 bits per heavy atom. The van der Waals surface area contributed by atoms with E-state index in [-0.39, 0.29) is 11.7 Å². The first kappa shape index (κ1) is 21.5. The Hall–Kier alpha value is -2.34. The van der Waals surface area contributed by atoms with E-state index in [9.17, 15) is 8.42 Å². The Kier molecular flexibility index (Phi) is 5.97. The summed E-state index contributed by atoms with van der Waals surface area (Å²) in [7, 11) is -3.35.